The lowest BCUT2D eigenvalue weighted by atomic mass is 10.0. The molecule has 0 aromatic carbocycles. The van der Waals surface area contributed by atoms with Crippen molar-refractivity contribution >= 4 is 0 Å². The van der Waals surface area contributed by atoms with E-state index in [4.69, 9.17) is 0 Å². The highest BCUT2D eigenvalue weighted by Gasteiger charge is 2.16. The molecule has 1 aromatic rings. The van der Waals surface area contributed by atoms with Crippen LogP contribution in [0.15, 0.2) is 24.4 Å². The first-order valence-electron chi connectivity index (χ1n) is 7.21. The van der Waals surface area contributed by atoms with Crippen LogP contribution in [0.1, 0.15) is 38.3 Å². The van der Waals surface area contributed by atoms with Crippen molar-refractivity contribution in [1.29, 1.82) is 0 Å². The average molecular weight is 247 g/mol. The molecule has 1 atom stereocenters. The number of pyridine rings is 1. The molecule has 1 N–H and O–H groups in total. The molecule has 100 valence electrons. The van der Waals surface area contributed by atoms with Gasteiger partial charge in [-0.2, -0.15) is 0 Å². The second-order valence-corrected chi connectivity index (χ2v) is 5.23. The summed E-state index contributed by atoms with van der Waals surface area (Å²) in [6.45, 7) is 6.86. The van der Waals surface area contributed by atoms with Gasteiger partial charge in [0.15, 0.2) is 0 Å². The van der Waals surface area contributed by atoms with Gasteiger partial charge in [0, 0.05) is 18.8 Å². The highest BCUT2D eigenvalue weighted by Crippen LogP contribution is 2.15. The molecular formula is C15H25N3. The first-order valence-corrected chi connectivity index (χ1v) is 7.21. The predicted octanol–water partition coefficient (Wildman–Crippen LogP) is 2.44. The van der Waals surface area contributed by atoms with E-state index in [-0.39, 0.29) is 0 Å². The Bertz CT molecular complexity index is 326. The van der Waals surface area contributed by atoms with Gasteiger partial charge < -0.3 is 10.2 Å². The molecule has 1 saturated heterocycles. The Balaban J connectivity index is 1.56. The van der Waals surface area contributed by atoms with Crippen molar-refractivity contribution in [2.24, 2.45) is 0 Å². The fourth-order valence-electron chi connectivity index (χ4n) is 2.62. The zero-order valence-electron chi connectivity index (χ0n) is 11.4. The van der Waals surface area contributed by atoms with E-state index in [0.717, 1.165) is 24.8 Å². The molecule has 1 aliphatic heterocycles. The van der Waals surface area contributed by atoms with Crippen molar-refractivity contribution in [3.8, 4) is 0 Å². The van der Waals surface area contributed by atoms with E-state index in [1.54, 1.807) is 0 Å². The lowest BCUT2D eigenvalue weighted by molar-refractivity contribution is 0.159. The van der Waals surface area contributed by atoms with Crippen LogP contribution in [0.25, 0.3) is 0 Å². The van der Waals surface area contributed by atoms with E-state index in [0.29, 0.717) is 0 Å². The van der Waals surface area contributed by atoms with Crippen molar-refractivity contribution < 1.29 is 0 Å². The molecule has 0 spiro atoms. The van der Waals surface area contributed by atoms with Gasteiger partial charge in [-0.15, -0.1) is 0 Å². The zero-order chi connectivity index (χ0) is 12.6. The lowest BCUT2D eigenvalue weighted by Gasteiger charge is -2.33. The molecule has 18 heavy (non-hydrogen) atoms. The van der Waals surface area contributed by atoms with Crippen LogP contribution >= 0.6 is 0 Å². The van der Waals surface area contributed by atoms with E-state index < -0.39 is 0 Å². The van der Waals surface area contributed by atoms with Crippen molar-refractivity contribution in [3.05, 3.63) is 30.1 Å². The van der Waals surface area contributed by atoms with Gasteiger partial charge in [-0.25, -0.2) is 0 Å². The topological polar surface area (TPSA) is 28.2 Å². The quantitative estimate of drug-likeness (QED) is 0.783. The SMILES string of the molecule is CC1CCCCN1CCCNCc1ccccn1. The third-order valence-corrected chi connectivity index (χ3v) is 3.77. The monoisotopic (exact) mass is 247 g/mol. The Morgan fingerprint density at radius 1 is 1.39 bits per heavy atom. The van der Waals surface area contributed by atoms with E-state index in [1.165, 1.54) is 38.8 Å². The van der Waals surface area contributed by atoms with Gasteiger partial charge in [0.2, 0.25) is 0 Å². The number of piperidine rings is 1. The van der Waals surface area contributed by atoms with Crippen molar-refractivity contribution in [3.63, 3.8) is 0 Å². The minimum atomic E-state index is 0.787. The van der Waals surface area contributed by atoms with Gasteiger partial charge in [0.05, 0.1) is 5.69 Å². The molecule has 0 bridgehead atoms. The molecule has 2 rings (SSSR count). The maximum Gasteiger partial charge on any atom is 0.0541 e. The molecule has 1 fully saturated rings. The van der Waals surface area contributed by atoms with Gasteiger partial charge in [0.25, 0.3) is 0 Å². The maximum absolute atomic E-state index is 4.31. The van der Waals surface area contributed by atoms with Gasteiger partial charge in [-0.3, -0.25) is 4.98 Å². The van der Waals surface area contributed by atoms with Gasteiger partial charge in [0.1, 0.15) is 0 Å². The van der Waals surface area contributed by atoms with Crippen molar-refractivity contribution in [1.82, 2.24) is 15.2 Å². The van der Waals surface area contributed by atoms with Crippen LogP contribution in [0.5, 0.6) is 0 Å². The van der Waals surface area contributed by atoms with Gasteiger partial charge >= 0.3 is 0 Å². The summed E-state index contributed by atoms with van der Waals surface area (Å²) in [6, 6.07) is 6.86. The summed E-state index contributed by atoms with van der Waals surface area (Å²) in [4.78, 5) is 6.94. The van der Waals surface area contributed by atoms with Crippen LogP contribution in [0.4, 0.5) is 0 Å². The summed E-state index contributed by atoms with van der Waals surface area (Å²) in [5, 5.41) is 3.47. The van der Waals surface area contributed by atoms with Crippen LogP contribution < -0.4 is 5.32 Å². The summed E-state index contributed by atoms with van der Waals surface area (Å²) in [7, 11) is 0. The van der Waals surface area contributed by atoms with Crippen LogP contribution in [-0.4, -0.2) is 35.6 Å². The summed E-state index contributed by atoms with van der Waals surface area (Å²) < 4.78 is 0. The Hall–Kier alpha value is -0.930. The number of hydrogen-bond donors (Lipinski definition) is 1. The van der Waals surface area contributed by atoms with Gasteiger partial charge in [-0.1, -0.05) is 12.5 Å². The average Bonchev–Trinajstić information content (AvgIpc) is 2.42. The zero-order valence-corrected chi connectivity index (χ0v) is 11.4. The molecule has 1 aliphatic rings. The molecule has 1 unspecified atom stereocenters. The summed E-state index contributed by atoms with van der Waals surface area (Å²) in [5.41, 5.74) is 1.13. The second-order valence-electron chi connectivity index (χ2n) is 5.23. The molecule has 0 aliphatic carbocycles. The minimum Gasteiger partial charge on any atom is -0.311 e. The predicted molar refractivity (Wildman–Crippen MR) is 75.4 cm³/mol. The molecule has 1 aromatic heterocycles. The maximum atomic E-state index is 4.31. The van der Waals surface area contributed by atoms with Crippen LogP contribution in [0.3, 0.4) is 0 Å². The highest BCUT2D eigenvalue weighted by molar-refractivity contribution is 5.02. The minimum absolute atomic E-state index is 0.787. The molecule has 2 heterocycles. The smallest absolute Gasteiger partial charge is 0.0541 e. The normalized spacial score (nSPS) is 21.1. The highest BCUT2D eigenvalue weighted by atomic mass is 15.2. The molecular weight excluding hydrogens is 222 g/mol. The van der Waals surface area contributed by atoms with E-state index in [2.05, 4.69) is 28.2 Å². The number of likely N-dealkylation sites (tertiary alicyclic amines) is 1. The van der Waals surface area contributed by atoms with Crippen molar-refractivity contribution in [2.45, 2.75) is 45.2 Å². The van der Waals surface area contributed by atoms with Crippen molar-refractivity contribution in [2.75, 3.05) is 19.6 Å². The van der Waals surface area contributed by atoms with E-state index >= 15 is 0 Å². The number of nitrogens with zero attached hydrogens (tertiary/aromatic N) is 2. The molecule has 3 heteroatoms. The second kappa shape index (κ2) is 7.49. The Labute approximate surface area is 111 Å². The summed E-state index contributed by atoms with van der Waals surface area (Å²) in [5.74, 6) is 0. The number of hydrogen-bond acceptors (Lipinski definition) is 3. The third kappa shape index (κ3) is 4.39. The first-order chi connectivity index (χ1) is 8.86. The molecule has 3 nitrogen and oxygen atoms in total. The van der Waals surface area contributed by atoms with Crippen LogP contribution in [0.2, 0.25) is 0 Å². The standard InChI is InChI=1S/C15H25N3/c1-14-7-3-5-11-18(14)12-6-9-16-13-15-8-2-4-10-17-15/h2,4,8,10,14,16H,3,5-7,9,11-13H2,1H3. The lowest BCUT2D eigenvalue weighted by Crippen LogP contribution is -2.38. The first kappa shape index (κ1) is 13.5. The Morgan fingerprint density at radius 3 is 3.11 bits per heavy atom. The number of rotatable bonds is 6. The third-order valence-electron chi connectivity index (χ3n) is 3.77. The Morgan fingerprint density at radius 2 is 2.33 bits per heavy atom. The van der Waals surface area contributed by atoms with Crippen LogP contribution in [0, 0.1) is 0 Å². The number of nitrogens with one attached hydrogen (secondary N) is 1. The summed E-state index contributed by atoms with van der Waals surface area (Å²) >= 11 is 0. The van der Waals surface area contributed by atoms with Crippen LogP contribution in [-0.2, 0) is 6.54 Å². The summed E-state index contributed by atoms with van der Waals surface area (Å²) in [6.07, 6.45) is 7.26. The largest absolute Gasteiger partial charge is 0.311 e. The fourth-order valence-corrected chi connectivity index (χ4v) is 2.62. The van der Waals surface area contributed by atoms with E-state index in [1.807, 2.05) is 18.3 Å². The van der Waals surface area contributed by atoms with E-state index in [9.17, 15) is 0 Å². The van der Waals surface area contributed by atoms with Gasteiger partial charge in [-0.05, 0) is 58.0 Å². The Kier molecular flexibility index (Phi) is 5.62. The molecule has 0 saturated carbocycles. The fraction of sp³-hybridized carbons (Fsp3) is 0.667. The molecule has 0 radical (unpaired) electrons. The number of aromatic nitrogens is 1. The molecule has 0 amide bonds.